The zero-order valence-electron chi connectivity index (χ0n) is 13.7. The summed E-state index contributed by atoms with van der Waals surface area (Å²) < 4.78 is 11.0. The van der Waals surface area contributed by atoms with E-state index in [1.807, 2.05) is 13.8 Å². The number of ether oxygens (including phenoxy) is 2. The summed E-state index contributed by atoms with van der Waals surface area (Å²) >= 11 is 0. The van der Waals surface area contributed by atoms with Crippen LogP contribution in [0.1, 0.15) is 60.3 Å². The van der Waals surface area contributed by atoms with Gasteiger partial charge >= 0.3 is 5.97 Å². The van der Waals surface area contributed by atoms with E-state index in [-0.39, 0.29) is 12.1 Å². The number of carbonyl (C=O) groups is 1. The summed E-state index contributed by atoms with van der Waals surface area (Å²) in [6, 6.07) is 0.470. The summed E-state index contributed by atoms with van der Waals surface area (Å²) in [5, 5.41) is 3.41. The molecule has 0 aromatic rings. The molecule has 2 unspecified atom stereocenters. The van der Waals surface area contributed by atoms with Gasteiger partial charge in [-0.2, -0.15) is 0 Å². The van der Waals surface area contributed by atoms with Crippen molar-refractivity contribution in [3.8, 4) is 0 Å². The van der Waals surface area contributed by atoms with Crippen molar-refractivity contribution in [2.45, 2.75) is 78.0 Å². The smallest absolute Gasteiger partial charge is 0.326 e. The van der Waals surface area contributed by atoms with Gasteiger partial charge in [0.25, 0.3) is 0 Å². The summed E-state index contributed by atoms with van der Waals surface area (Å²) in [6.07, 6.45) is 4.25. The molecule has 1 aliphatic rings. The maximum absolute atomic E-state index is 12.1. The lowest BCUT2D eigenvalue weighted by atomic mass is 9.98. The van der Waals surface area contributed by atoms with Crippen LogP contribution in [0.15, 0.2) is 0 Å². The van der Waals surface area contributed by atoms with E-state index in [1.165, 1.54) is 0 Å². The Morgan fingerprint density at radius 1 is 1.35 bits per heavy atom. The highest BCUT2D eigenvalue weighted by atomic mass is 16.5. The molecule has 118 valence electrons. The third-order valence-electron chi connectivity index (χ3n) is 3.63. The fraction of sp³-hybridized carbons (Fsp3) is 0.938. The lowest BCUT2D eigenvalue weighted by Crippen LogP contribution is -2.52. The average Bonchev–Trinajstić information content (AvgIpc) is 3.12. The standard InChI is InChI=1S/C16H31NO3/c1-6-19-15(18)16(5,17-14-7-8-14)9-10-20-13(4)11-12(2)3/h12-14,17H,6-11H2,1-5H3. The molecule has 0 bridgehead atoms. The van der Waals surface area contributed by atoms with Crippen molar-refractivity contribution in [3.05, 3.63) is 0 Å². The van der Waals surface area contributed by atoms with E-state index in [0.29, 0.717) is 31.6 Å². The van der Waals surface area contributed by atoms with E-state index in [4.69, 9.17) is 9.47 Å². The fourth-order valence-corrected chi connectivity index (χ4v) is 2.40. The van der Waals surface area contributed by atoms with Gasteiger partial charge in [0.1, 0.15) is 5.54 Å². The predicted molar refractivity (Wildman–Crippen MR) is 80.7 cm³/mol. The van der Waals surface area contributed by atoms with Crippen LogP contribution in [0.25, 0.3) is 0 Å². The Hall–Kier alpha value is -0.610. The summed E-state index contributed by atoms with van der Waals surface area (Å²) in [5.41, 5.74) is -0.616. The average molecular weight is 285 g/mol. The van der Waals surface area contributed by atoms with E-state index >= 15 is 0 Å². The Kier molecular flexibility index (Phi) is 6.96. The van der Waals surface area contributed by atoms with Gasteiger partial charge in [-0.15, -0.1) is 0 Å². The van der Waals surface area contributed by atoms with Gasteiger partial charge in [-0.1, -0.05) is 13.8 Å². The van der Waals surface area contributed by atoms with Crippen LogP contribution in [0.3, 0.4) is 0 Å². The number of hydrogen-bond acceptors (Lipinski definition) is 4. The zero-order valence-corrected chi connectivity index (χ0v) is 13.7. The number of carbonyl (C=O) groups excluding carboxylic acids is 1. The van der Waals surface area contributed by atoms with Gasteiger partial charge in [-0.05, 0) is 52.4 Å². The van der Waals surface area contributed by atoms with Crippen LogP contribution in [0.4, 0.5) is 0 Å². The van der Waals surface area contributed by atoms with Gasteiger partial charge in [-0.25, -0.2) is 0 Å². The maximum Gasteiger partial charge on any atom is 0.326 e. The predicted octanol–water partition coefficient (Wildman–Crippen LogP) is 2.90. The SMILES string of the molecule is CCOC(=O)C(C)(CCOC(C)CC(C)C)NC1CC1. The zero-order chi connectivity index (χ0) is 15.2. The van der Waals surface area contributed by atoms with Crippen molar-refractivity contribution in [2.24, 2.45) is 5.92 Å². The molecule has 0 spiro atoms. The van der Waals surface area contributed by atoms with Crippen LogP contribution >= 0.6 is 0 Å². The molecule has 1 fully saturated rings. The molecule has 1 aliphatic carbocycles. The minimum Gasteiger partial charge on any atom is -0.465 e. The number of esters is 1. The minimum absolute atomic E-state index is 0.160. The first kappa shape index (κ1) is 17.4. The van der Waals surface area contributed by atoms with Crippen molar-refractivity contribution in [2.75, 3.05) is 13.2 Å². The van der Waals surface area contributed by atoms with Crippen molar-refractivity contribution in [1.29, 1.82) is 0 Å². The Labute approximate surface area is 123 Å². The Morgan fingerprint density at radius 2 is 2.00 bits per heavy atom. The lowest BCUT2D eigenvalue weighted by molar-refractivity contribution is -0.151. The maximum atomic E-state index is 12.1. The second-order valence-corrected chi connectivity index (χ2v) is 6.53. The van der Waals surface area contributed by atoms with Gasteiger partial charge in [-0.3, -0.25) is 10.1 Å². The first-order valence-electron chi connectivity index (χ1n) is 7.94. The monoisotopic (exact) mass is 285 g/mol. The van der Waals surface area contributed by atoms with Gasteiger partial charge in [0, 0.05) is 12.6 Å². The molecule has 20 heavy (non-hydrogen) atoms. The molecule has 0 aromatic carbocycles. The van der Waals surface area contributed by atoms with E-state index in [2.05, 4.69) is 26.1 Å². The summed E-state index contributed by atoms with van der Waals surface area (Å²) in [5.74, 6) is 0.470. The van der Waals surface area contributed by atoms with E-state index in [1.54, 1.807) is 0 Å². The van der Waals surface area contributed by atoms with E-state index in [0.717, 1.165) is 19.3 Å². The number of rotatable bonds is 10. The van der Waals surface area contributed by atoms with Crippen LogP contribution in [0.2, 0.25) is 0 Å². The molecule has 0 aromatic heterocycles. The second kappa shape index (κ2) is 7.99. The van der Waals surface area contributed by atoms with Crippen molar-refractivity contribution in [3.63, 3.8) is 0 Å². The molecule has 0 saturated heterocycles. The normalized spacial score (nSPS) is 19.7. The molecule has 0 aliphatic heterocycles. The van der Waals surface area contributed by atoms with Crippen LogP contribution in [-0.4, -0.2) is 36.9 Å². The molecule has 2 atom stereocenters. The van der Waals surface area contributed by atoms with Crippen molar-refractivity contribution >= 4 is 5.97 Å². The molecule has 1 rings (SSSR count). The van der Waals surface area contributed by atoms with E-state index < -0.39 is 5.54 Å². The first-order chi connectivity index (χ1) is 9.37. The third kappa shape index (κ3) is 6.23. The van der Waals surface area contributed by atoms with Gasteiger partial charge < -0.3 is 9.47 Å². The molecule has 0 heterocycles. The summed E-state index contributed by atoms with van der Waals surface area (Å²) in [4.78, 5) is 12.1. The highest BCUT2D eigenvalue weighted by molar-refractivity contribution is 5.80. The van der Waals surface area contributed by atoms with Crippen LogP contribution in [0.5, 0.6) is 0 Å². The second-order valence-electron chi connectivity index (χ2n) is 6.53. The quantitative estimate of drug-likeness (QED) is 0.627. The Morgan fingerprint density at radius 3 is 2.50 bits per heavy atom. The van der Waals surface area contributed by atoms with Crippen LogP contribution in [-0.2, 0) is 14.3 Å². The number of hydrogen-bond donors (Lipinski definition) is 1. The third-order valence-corrected chi connectivity index (χ3v) is 3.63. The van der Waals surface area contributed by atoms with Gasteiger partial charge in [0.15, 0.2) is 0 Å². The lowest BCUT2D eigenvalue weighted by Gasteiger charge is -2.29. The van der Waals surface area contributed by atoms with Crippen LogP contribution in [0, 0.1) is 5.92 Å². The molecule has 4 heteroatoms. The molecular weight excluding hydrogens is 254 g/mol. The highest BCUT2D eigenvalue weighted by Gasteiger charge is 2.39. The summed E-state index contributed by atoms with van der Waals surface area (Å²) in [6.45, 7) is 11.3. The molecule has 0 radical (unpaired) electrons. The van der Waals surface area contributed by atoms with Crippen molar-refractivity contribution in [1.82, 2.24) is 5.32 Å². The van der Waals surface area contributed by atoms with Gasteiger partial charge in [0.2, 0.25) is 0 Å². The summed E-state index contributed by atoms with van der Waals surface area (Å²) in [7, 11) is 0. The molecule has 1 saturated carbocycles. The molecule has 4 nitrogen and oxygen atoms in total. The Balaban J connectivity index is 2.41. The van der Waals surface area contributed by atoms with Gasteiger partial charge in [0.05, 0.1) is 12.7 Å². The largest absolute Gasteiger partial charge is 0.465 e. The molecule has 1 N–H and O–H groups in total. The number of nitrogens with one attached hydrogen (secondary N) is 1. The first-order valence-corrected chi connectivity index (χ1v) is 7.94. The molecular formula is C16H31NO3. The minimum atomic E-state index is -0.616. The fourth-order valence-electron chi connectivity index (χ4n) is 2.40. The van der Waals surface area contributed by atoms with E-state index in [9.17, 15) is 4.79 Å². The topological polar surface area (TPSA) is 47.6 Å². The van der Waals surface area contributed by atoms with Crippen LogP contribution < -0.4 is 5.32 Å². The molecule has 0 amide bonds. The van der Waals surface area contributed by atoms with Crippen molar-refractivity contribution < 1.29 is 14.3 Å². The highest BCUT2D eigenvalue weighted by Crippen LogP contribution is 2.25. The Bertz CT molecular complexity index is 302.